The maximum Gasteiger partial charge on any atom is 0.272 e. The molecule has 0 bridgehead atoms. The highest BCUT2D eigenvalue weighted by atomic mass is 16.2. The molecule has 0 aliphatic carbocycles. The van der Waals surface area contributed by atoms with Gasteiger partial charge in [-0.1, -0.05) is 19.9 Å². The van der Waals surface area contributed by atoms with Crippen LogP contribution in [0.15, 0.2) is 61.1 Å². The summed E-state index contributed by atoms with van der Waals surface area (Å²) < 4.78 is 2.20. The Hall–Kier alpha value is -3.15. The van der Waals surface area contributed by atoms with Gasteiger partial charge < -0.3 is 14.4 Å². The molecule has 0 unspecified atom stereocenters. The summed E-state index contributed by atoms with van der Waals surface area (Å²) in [7, 11) is 0. The quantitative estimate of drug-likeness (QED) is 0.666. The van der Waals surface area contributed by atoms with Gasteiger partial charge >= 0.3 is 0 Å². The van der Waals surface area contributed by atoms with Gasteiger partial charge in [-0.2, -0.15) is 0 Å². The number of carbonyl (C=O) groups excluding carboxylic acids is 1. The van der Waals surface area contributed by atoms with E-state index in [1.807, 2.05) is 29.3 Å². The Bertz CT molecular complexity index is 1060. The lowest BCUT2D eigenvalue weighted by Crippen LogP contribution is -2.53. The first-order chi connectivity index (χ1) is 14.6. The van der Waals surface area contributed by atoms with Crippen molar-refractivity contribution in [3.8, 4) is 5.82 Å². The summed E-state index contributed by atoms with van der Waals surface area (Å²) >= 11 is 0. The van der Waals surface area contributed by atoms with E-state index in [2.05, 4.69) is 52.7 Å². The Morgan fingerprint density at radius 3 is 2.77 bits per heavy atom. The Balaban J connectivity index is 1.56. The zero-order valence-electron chi connectivity index (χ0n) is 17.5. The van der Waals surface area contributed by atoms with Crippen LogP contribution in [-0.4, -0.2) is 45.0 Å². The number of hydrogen-bond acceptors (Lipinski definition) is 4. The molecule has 5 rings (SSSR count). The van der Waals surface area contributed by atoms with Crippen LogP contribution in [0, 0.1) is 5.92 Å². The fourth-order valence-corrected chi connectivity index (χ4v) is 4.87. The first-order valence-corrected chi connectivity index (χ1v) is 10.7. The number of pyridine rings is 2. The van der Waals surface area contributed by atoms with Crippen molar-refractivity contribution in [2.24, 2.45) is 5.92 Å². The average molecular weight is 402 g/mol. The van der Waals surface area contributed by atoms with Crippen LogP contribution in [0.5, 0.6) is 0 Å². The van der Waals surface area contributed by atoms with Crippen molar-refractivity contribution in [3.63, 3.8) is 0 Å². The number of carbonyl (C=O) groups is 1. The fraction of sp³-hybridized carbons (Fsp3) is 0.375. The molecule has 6 nitrogen and oxygen atoms in total. The maximum atomic E-state index is 13.2. The number of fused-ring (bicyclic) bond motifs is 4. The number of hydrogen-bond donors (Lipinski definition) is 0. The molecule has 0 N–H and O–H groups in total. The van der Waals surface area contributed by atoms with Gasteiger partial charge in [0, 0.05) is 38.2 Å². The van der Waals surface area contributed by atoms with Crippen LogP contribution in [0.2, 0.25) is 0 Å². The van der Waals surface area contributed by atoms with Crippen LogP contribution >= 0.6 is 0 Å². The third-order valence-corrected chi connectivity index (χ3v) is 6.38. The Morgan fingerprint density at radius 2 is 1.97 bits per heavy atom. The van der Waals surface area contributed by atoms with Gasteiger partial charge in [0.1, 0.15) is 11.2 Å². The van der Waals surface area contributed by atoms with Crippen molar-refractivity contribution in [1.29, 1.82) is 0 Å². The first kappa shape index (κ1) is 18.9. The van der Waals surface area contributed by atoms with Crippen molar-refractivity contribution in [2.75, 3.05) is 24.5 Å². The largest absolute Gasteiger partial charge is 0.355 e. The summed E-state index contributed by atoms with van der Waals surface area (Å²) in [6.45, 7) is 6.82. The van der Waals surface area contributed by atoms with Gasteiger partial charge in [0.15, 0.2) is 5.82 Å². The van der Waals surface area contributed by atoms with E-state index in [0.29, 0.717) is 24.7 Å². The van der Waals surface area contributed by atoms with Gasteiger partial charge in [0.25, 0.3) is 5.91 Å². The Kier molecular flexibility index (Phi) is 4.57. The van der Waals surface area contributed by atoms with Crippen LogP contribution in [-0.2, 0) is 5.54 Å². The summed E-state index contributed by atoms with van der Waals surface area (Å²) in [5, 5.41) is 0. The Morgan fingerprint density at radius 1 is 1.10 bits per heavy atom. The normalized spacial score (nSPS) is 20.0. The van der Waals surface area contributed by atoms with Crippen LogP contribution in [0.25, 0.3) is 5.82 Å². The van der Waals surface area contributed by atoms with Crippen LogP contribution in [0.1, 0.15) is 42.9 Å². The second-order valence-corrected chi connectivity index (χ2v) is 8.67. The van der Waals surface area contributed by atoms with E-state index in [9.17, 15) is 4.79 Å². The summed E-state index contributed by atoms with van der Waals surface area (Å²) in [4.78, 5) is 26.6. The van der Waals surface area contributed by atoms with E-state index in [1.54, 1.807) is 12.3 Å². The minimum Gasteiger partial charge on any atom is -0.355 e. The molecule has 3 aromatic heterocycles. The SMILES string of the molecule is CC(C)CCN1c2cccnc2-n2cccc2[C@]12CCN(C(=O)c1ccccn1)C2. The van der Waals surface area contributed by atoms with Crippen molar-refractivity contribution >= 4 is 11.6 Å². The lowest BCUT2D eigenvalue weighted by Gasteiger charge is -2.47. The standard InChI is InChI=1S/C24H27N5O/c1-18(2)10-15-29-20-8-5-13-26-22(20)28-14-6-9-21(28)24(29)11-16-27(17-24)23(30)19-7-3-4-12-25-19/h3-9,12-14,18H,10-11,15-17H2,1-2H3/t24-/m1/s1. The summed E-state index contributed by atoms with van der Waals surface area (Å²) in [5.41, 5.74) is 2.62. The highest BCUT2D eigenvalue weighted by Gasteiger charge is 2.50. The van der Waals surface area contributed by atoms with E-state index in [0.717, 1.165) is 30.9 Å². The third kappa shape index (κ3) is 2.90. The molecule has 6 heteroatoms. The second kappa shape index (κ2) is 7.27. The lowest BCUT2D eigenvalue weighted by atomic mass is 9.88. The number of likely N-dealkylation sites (tertiary alicyclic amines) is 1. The number of amides is 1. The fourth-order valence-electron chi connectivity index (χ4n) is 4.87. The van der Waals surface area contributed by atoms with Crippen molar-refractivity contribution in [3.05, 3.63) is 72.4 Å². The van der Waals surface area contributed by atoms with Gasteiger partial charge in [-0.15, -0.1) is 0 Å². The molecule has 5 heterocycles. The molecule has 1 spiro atoms. The summed E-state index contributed by atoms with van der Waals surface area (Å²) in [5.74, 6) is 1.58. The number of nitrogens with zero attached hydrogens (tertiary/aromatic N) is 5. The molecule has 154 valence electrons. The third-order valence-electron chi connectivity index (χ3n) is 6.38. The number of aromatic nitrogens is 3. The van der Waals surface area contributed by atoms with E-state index in [4.69, 9.17) is 4.98 Å². The van der Waals surface area contributed by atoms with E-state index >= 15 is 0 Å². The highest BCUT2D eigenvalue weighted by molar-refractivity contribution is 5.92. The van der Waals surface area contributed by atoms with Crippen LogP contribution in [0.3, 0.4) is 0 Å². The number of anilines is 1. The molecule has 1 fully saturated rings. The predicted octanol–water partition coefficient (Wildman–Crippen LogP) is 3.87. The van der Waals surface area contributed by atoms with Crippen molar-refractivity contribution < 1.29 is 4.79 Å². The molecule has 3 aromatic rings. The van der Waals surface area contributed by atoms with Gasteiger partial charge in [-0.3, -0.25) is 9.78 Å². The molecule has 30 heavy (non-hydrogen) atoms. The van der Waals surface area contributed by atoms with Crippen molar-refractivity contribution in [2.45, 2.75) is 32.2 Å². The molecular formula is C24H27N5O. The van der Waals surface area contributed by atoms with Gasteiger partial charge in [-0.05, 0) is 55.2 Å². The van der Waals surface area contributed by atoms with Gasteiger partial charge in [0.05, 0.1) is 11.4 Å². The smallest absolute Gasteiger partial charge is 0.272 e. The minimum absolute atomic E-state index is 0.00590. The average Bonchev–Trinajstić information content (AvgIpc) is 3.43. The second-order valence-electron chi connectivity index (χ2n) is 8.67. The summed E-state index contributed by atoms with van der Waals surface area (Å²) in [6.07, 6.45) is 7.60. The first-order valence-electron chi connectivity index (χ1n) is 10.7. The van der Waals surface area contributed by atoms with E-state index in [1.165, 1.54) is 5.69 Å². The highest BCUT2D eigenvalue weighted by Crippen LogP contribution is 2.47. The monoisotopic (exact) mass is 401 g/mol. The summed E-state index contributed by atoms with van der Waals surface area (Å²) in [6, 6.07) is 14.0. The van der Waals surface area contributed by atoms with Crippen LogP contribution in [0.4, 0.5) is 5.69 Å². The van der Waals surface area contributed by atoms with Gasteiger partial charge in [-0.25, -0.2) is 4.98 Å². The van der Waals surface area contributed by atoms with Gasteiger partial charge in [0.2, 0.25) is 0 Å². The molecule has 0 aromatic carbocycles. The van der Waals surface area contributed by atoms with E-state index < -0.39 is 0 Å². The predicted molar refractivity (Wildman–Crippen MR) is 117 cm³/mol. The topological polar surface area (TPSA) is 54.3 Å². The molecule has 0 radical (unpaired) electrons. The van der Waals surface area contributed by atoms with Crippen LogP contribution < -0.4 is 4.90 Å². The lowest BCUT2D eigenvalue weighted by molar-refractivity contribution is 0.0776. The molecule has 2 aliphatic rings. The minimum atomic E-state index is -0.251. The zero-order valence-corrected chi connectivity index (χ0v) is 17.5. The maximum absolute atomic E-state index is 13.2. The molecule has 1 amide bonds. The molecule has 1 atom stereocenters. The number of rotatable bonds is 4. The molecular weight excluding hydrogens is 374 g/mol. The molecule has 1 saturated heterocycles. The molecule has 2 aliphatic heterocycles. The van der Waals surface area contributed by atoms with Crippen molar-refractivity contribution in [1.82, 2.24) is 19.4 Å². The molecule has 0 saturated carbocycles. The van der Waals surface area contributed by atoms with E-state index in [-0.39, 0.29) is 11.4 Å². The zero-order chi connectivity index (χ0) is 20.7. The Labute approximate surface area is 177 Å².